The zero-order valence-electron chi connectivity index (χ0n) is 67.0. The van der Waals surface area contributed by atoms with Crippen molar-refractivity contribution >= 4 is 39.4 Å². The van der Waals surface area contributed by atoms with E-state index in [9.17, 15) is 28.3 Å². The summed E-state index contributed by atoms with van der Waals surface area (Å²) in [5, 5.41) is 6.07. The van der Waals surface area contributed by atoms with Crippen LogP contribution in [0.2, 0.25) is 0 Å². The monoisotopic (exact) mass is 1560 g/mol. The number of unbranched alkanes of at least 4 members (excludes halogenated alkanes) is 30. The Labute approximate surface area is 646 Å². The van der Waals surface area contributed by atoms with Gasteiger partial charge in [0, 0.05) is 40.3 Å². The topological polar surface area (TPSA) is 265 Å². The minimum absolute atomic E-state index is 0.0443. The zero-order chi connectivity index (χ0) is 78.3. The number of methoxy groups -OCH3 is 2. The molecule has 23 nitrogen and oxygen atoms in total. The maximum Gasteiger partial charge on any atom is 0.509 e. The van der Waals surface area contributed by atoms with Gasteiger partial charge in [-0.25, -0.2) is 13.9 Å². The molecule has 0 aromatic heterocycles. The first-order chi connectivity index (χ1) is 52.1. The third-order valence-electron chi connectivity index (χ3n) is 18.7. The standard InChI is InChI=1S/C82H146N2O21P2/c1-12-21-25-29-32-35-36-37-38-39-40-42-44-48-52-56-72(86)83-74-79(94-64-57-69(92-11)55-51-46-28-24-15-4)77(104-106(89,97-59-17-6)98-60-18-7)70(66-91-10)101-80(74)96-67-71-76(103-82(88)95-58-16-5)78(93-63-53-49-45-34-31-27-23-14-3)75(81(102-71)105-107(90,99-61-19-8)100-62-20-9)84-73(87)65-68(85)54-50-47-43-41-33-30-26-22-13-2/h16-20,35-36,69-71,74-81H,5-9,12-15,21-34,37-67H2,1-4,10-11H3,(H,83,86)(H,84,87)/t69-,70-,71-,74-,75-,76-,77-,78-,79-,80-,81-/m1/s1. The molecule has 2 fully saturated rings. The lowest BCUT2D eigenvalue weighted by molar-refractivity contribution is -0.301. The van der Waals surface area contributed by atoms with Crippen molar-refractivity contribution < 1.29 is 98.1 Å². The minimum atomic E-state index is -4.73. The SMILES string of the molecule is C=CCOC(=O)O[C@H]1[C@H](OCCCCCCCCCC)[C@@H](NC(=O)CC(=O)CCCCCCCCCCC)[C@@H](OP(=O)(OCC=C)OCC=C)O[C@@H]1CO[C@@H]1O[C@H](COC)[C@@H](OP(=O)(OCC=C)OCC=C)[C@H](OCC[C@@H](CCCCCCC)OC)[C@H]1NC(=O)CCCCCCCCCC=CCCCCCC. The van der Waals surface area contributed by atoms with Gasteiger partial charge in [0.25, 0.3) is 0 Å². The van der Waals surface area contributed by atoms with Crippen LogP contribution in [0.15, 0.2) is 75.4 Å². The highest BCUT2D eigenvalue weighted by Gasteiger charge is 2.56. The number of phosphoric acid groups is 2. The molecule has 2 heterocycles. The Morgan fingerprint density at radius 1 is 0.430 bits per heavy atom. The average Bonchev–Trinajstić information content (AvgIpc) is 0.778. The molecule has 0 aromatic rings. The van der Waals surface area contributed by atoms with Gasteiger partial charge in [-0.3, -0.25) is 41.5 Å². The molecule has 2 aliphatic heterocycles. The number of ketones is 1. The van der Waals surface area contributed by atoms with Crippen molar-refractivity contribution in [2.45, 2.75) is 352 Å². The Hall–Kier alpha value is -3.74. The number of hydrogen-bond acceptors (Lipinski definition) is 21. The van der Waals surface area contributed by atoms with Crippen molar-refractivity contribution in [2.24, 2.45) is 0 Å². The van der Waals surface area contributed by atoms with E-state index in [2.05, 4.69) is 83.4 Å². The maximum atomic E-state index is 14.9. The predicted octanol–water partition coefficient (Wildman–Crippen LogP) is 19.8. The Balaban J connectivity index is 2.92. The number of hydrogen-bond donors (Lipinski definition) is 2. The van der Waals surface area contributed by atoms with Crippen LogP contribution >= 0.6 is 15.6 Å². The van der Waals surface area contributed by atoms with Crippen LogP contribution in [0.25, 0.3) is 0 Å². The molecule has 0 unspecified atom stereocenters. The van der Waals surface area contributed by atoms with Crippen molar-refractivity contribution in [2.75, 3.05) is 73.7 Å². The molecular formula is C82H146N2O21P2. The molecule has 0 bridgehead atoms. The smallest absolute Gasteiger partial charge is 0.430 e. The summed E-state index contributed by atoms with van der Waals surface area (Å²) in [4.78, 5) is 57.0. The number of Topliss-reactive ketones (excluding diaryl/α,β-unsaturated/α-hetero) is 1. The van der Waals surface area contributed by atoms with E-state index >= 15 is 0 Å². The molecule has 2 N–H and O–H groups in total. The first kappa shape index (κ1) is 99.3. The van der Waals surface area contributed by atoms with Gasteiger partial charge in [-0.05, 0) is 57.8 Å². The highest BCUT2D eigenvalue weighted by Crippen LogP contribution is 2.54. The summed E-state index contributed by atoms with van der Waals surface area (Å²) in [6.07, 6.45) is 35.4. The van der Waals surface area contributed by atoms with Crippen LogP contribution in [0.4, 0.5) is 4.79 Å². The number of allylic oxidation sites excluding steroid dienone is 2. The van der Waals surface area contributed by atoms with Crippen LogP contribution in [0.5, 0.6) is 0 Å². The van der Waals surface area contributed by atoms with Crippen LogP contribution in [0.1, 0.15) is 285 Å². The van der Waals surface area contributed by atoms with Crippen molar-refractivity contribution in [3.63, 3.8) is 0 Å². The molecule has 25 heteroatoms. The summed E-state index contributed by atoms with van der Waals surface area (Å²) in [6.45, 7) is 25.3. The van der Waals surface area contributed by atoms with Gasteiger partial charge in [0.15, 0.2) is 18.7 Å². The molecule has 2 aliphatic rings. The van der Waals surface area contributed by atoms with Crippen LogP contribution in [0, 0.1) is 0 Å². The average molecular weight is 1560 g/mol. The maximum absolute atomic E-state index is 14.9. The number of amides is 2. The highest BCUT2D eigenvalue weighted by atomic mass is 31.2. The first-order valence-corrected chi connectivity index (χ1v) is 44.0. The quantitative estimate of drug-likeness (QED) is 0.0188. The van der Waals surface area contributed by atoms with Crippen LogP contribution in [0.3, 0.4) is 0 Å². The molecule has 2 saturated heterocycles. The molecule has 2 amide bonds. The fourth-order valence-electron chi connectivity index (χ4n) is 12.9. The molecule has 0 aromatic carbocycles. The molecular weight excluding hydrogens is 1410 g/mol. The summed E-state index contributed by atoms with van der Waals surface area (Å²) >= 11 is 0. The predicted molar refractivity (Wildman–Crippen MR) is 423 cm³/mol. The largest absolute Gasteiger partial charge is 0.509 e. The molecule has 0 saturated carbocycles. The Morgan fingerprint density at radius 2 is 0.850 bits per heavy atom. The summed E-state index contributed by atoms with van der Waals surface area (Å²) in [5.74, 6) is -1.44. The van der Waals surface area contributed by atoms with E-state index in [1.165, 1.54) is 88.9 Å². The lowest BCUT2D eigenvalue weighted by atomic mass is 9.95. The summed E-state index contributed by atoms with van der Waals surface area (Å²) in [7, 11) is -6.19. The number of nitrogens with one attached hydrogen (secondary N) is 2. The fraction of sp³-hybridized carbons (Fsp3) is 0.805. The van der Waals surface area contributed by atoms with Crippen molar-refractivity contribution in [3.05, 3.63) is 75.4 Å². The van der Waals surface area contributed by atoms with Crippen molar-refractivity contribution in [3.8, 4) is 0 Å². The molecule has 0 aliphatic carbocycles. The fourth-order valence-corrected chi connectivity index (χ4v) is 15.4. The third kappa shape index (κ3) is 46.8. The number of carbonyl (C=O) groups excluding carboxylic acids is 4. The van der Waals surface area contributed by atoms with E-state index in [1.54, 1.807) is 7.11 Å². The van der Waals surface area contributed by atoms with Gasteiger partial charge in [-0.1, -0.05) is 257 Å². The molecule has 107 heavy (non-hydrogen) atoms. The van der Waals surface area contributed by atoms with Gasteiger partial charge in [0.05, 0.1) is 52.2 Å². The summed E-state index contributed by atoms with van der Waals surface area (Å²) in [6, 6.07) is -2.81. The molecule has 11 atom stereocenters. The lowest BCUT2D eigenvalue weighted by Crippen LogP contribution is -2.68. The van der Waals surface area contributed by atoms with Crippen molar-refractivity contribution in [1.82, 2.24) is 10.6 Å². The van der Waals surface area contributed by atoms with E-state index < -0.39 is 102 Å². The van der Waals surface area contributed by atoms with Gasteiger partial charge in [-0.15, -0.1) is 26.3 Å². The first-order valence-electron chi connectivity index (χ1n) is 41.0. The second-order valence-corrected chi connectivity index (χ2v) is 31.3. The van der Waals surface area contributed by atoms with Crippen LogP contribution in [-0.4, -0.2) is 165 Å². The van der Waals surface area contributed by atoms with E-state index in [4.69, 9.17) is 69.8 Å². The summed E-state index contributed by atoms with van der Waals surface area (Å²) in [5.41, 5.74) is 0. The van der Waals surface area contributed by atoms with E-state index in [1.807, 2.05) is 0 Å². The zero-order valence-corrected chi connectivity index (χ0v) is 68.8. The number of ether oxygens (including phenoxy) is 9. The van der Waals surface area contributed by atoms with Crippen molar-refractivity contribution in [1.29, 1.82) is 0 Å². The van der Waals surface area contributed by atoms with E-state index in [0.717, 1.165) is 161 Å². The Kier molecular flexibility index (Phi) is 61.1. The normalized spacial score (nSPS) is 20.7. The Bertz CT molecular complexity index is 2430. The minimum Gasteiger partial charge on any atom is -0.430 e. The molecule has 0 spiro atoms. The lowest BCUT2D eigenvalue weighted by Gasteiger charge is -2.48. The van der Waals surface area contributed by atoms with Gasteiger partial charge < -0.3 is 53.3 Å². The van der Waals surface area contributed by atoms with Gasteiger partial charge in [0.2, 0.25) is 11.8 Å². The van der Waals surface area contributed by atoms with E-state index in [0.29, 0.717) is 25.7 Å². The molecule has 620 valence electrons. The van der Waals surface area contributed by atoms with Crippen LogP contribution < -0.4 is 10.6 Å². The third-order valence-corrected chi connectivity index (χ3v) is 21.6. The van der Waals surface area contributed by atoms with E-state index in [-0.39, 0.29) is 83.5 Å². The Morgan fingerprint density at radius 3 is 1.36 bits per heavy atom. The number of phosphoric ester groups is 2. The van der Waals surface area contributed by atoms with Gasteiger partial charge in [0.1, 0.15) is 55.0 Å². The number of carbonyl (C=O) groups is 4. The second kappa shape index (κ2) is 65.8. The van der Waals surface area contributed by atoms with Gasteiger partial charge >= 0.3 is 21.8 Å². The number of rotatable bonds is 74. The second-order valence-electron chi connectivity index (χ2n) is 28.0. The molecule has 2 rings (SSSR count). The van der Waals surface area contributed by atoms with Crippen LogP contribution in [-0.2, 0) is 93.3 Å². The van der Waals surface area contributed by atoms with Gasteiger partial charge in [-0.2, -0.15) is 0 Å². The summed E-state index contributed by atoms with van der Waals surface area (Å²) < 4.78 is 124. The highest BCUT2D eigenvalue weighted by molar-refractivity contribution is 7.48. The molecule has 0 radical (unpaired) electrons.